The molecule has 0 saturated heterocycles. The van der Waals surface area contributed by atoms with Crippen LogP contribution in [-0.2, 0) is 13.0 Å². The van der Waals surface area contributed by atoms with Crippen molar-refractivity contribution >= 4 is 0 Å². The lowest BCUT2D eigenvalue weighted by Gasteiger charge is -2.22. The minimum Gasteiger partial charge on any atom is -0.304 e. The molecule has 1 aromatic heterocycles. The predicted molar refractivity (Wildman–Crippen MR) is 77.5 cm³/mol. The van der Waals surface area contributed by atoms with E-state index in [4.69, 9.17) is 5.84 Å². The van der Waals surface area contributed by atoms with E-state index < -0.39 is 0 Å². The van der Waals surface area contributed by atoms with Gasteiger partial charge in [0.2, 0.25) is 0 Å². The number of aryl methyl sites for hydroxylation is 1. The Bertz CT molecular complexity index is 334. The highest BCUT2D eigenvalue weighted by Gasteiger charge is 2.13. The molecule has 0 radical (unpaired) electrons. The monoisotopic (exact) mass is 268 g/mol. The van der Waals surface area contributed by atoms with E-state index in [1.807, 2.05) is 4.68 Å². The molecule has 1 unspecified atom stereocenters. The van der Waals surface area contributed by atoms with Gasteiger partial charge >= 0.3 is 0 Å². The van der Waals surface area contributed by atoms with Gasteiger partial charge in [0.25, 0.3) is 0 Å². The second-order valence-electron chi connectivity index (χ2n) is 4.78. The van der Waals surface area contributed by atoms with Crippen LogP contribution in [-0.4, -0.2) is 45.3 Å². The molecule has 6 heteroatoms. The van der Waals surface area contributed by atoms with Crippen molar-refractivity contribution in [2.45, 2.75) is 52.6 Å². The summed E-state index contributed by atoms with van der Waals surface area (Å²) in [6.45, 7) is 10.7. The second-order valence-corrected chi connectivity index (χ2v) is 4.78. The van der Waals surface area contributed by atoms with Crippen molar-refractivity contribution in [1.82, 2.24) is 25.1 Å². The van der Waals surface area contributed by atoms with Crippen LogP contribution in [0.1, 0.15) is 39.4 Å². The smallest absolute Gasteiger partial charge is 0.138 e. The molecule has 0 bridgehead atoms. The maximum atomic E-state index is 5.66. The lowest BCUT2D eigenvalue weighted by Crippen LogP contribution is -2.40. The van der Waals surface area contributed by atoms with Crippen molar-refractivity contribution in [2.24, 2.45) is 5.84 Å². The van der Waals surface area contributed by atoms with Gasteiger partial charge in [-0.05, 0) is 32.5 Å². The quantitative estimate of drug-likeness (QED) is 0.485. The molecule has 1 rings (SSSR count). The first-order chi connectivity index (χ1) is 9.24. The van der Waals surface area contributed by atoms with Gasteiger partial charge in [-0.1, -0.05) is 20.8 Å². The lowest BCUT2D eigenvalue weighted by molar-refractivity contribution is 0.279. The van der Waals surface area contributed by atoms with Crippen LogP contribution < -0.4 is 11.3 Å². The topological polar surface area (TPSA) is 72.0 Å². The fourth-order valence-corrected chi connectivity index (χ4v) is 2.19. The van der Waals surface area contributed by atoms with Gasteiger partial charge in [0, 0.05) is 19.0 Å². The minimum atomic E-state index is 0.250. The second kappa shape index (κ2) is 9.01. The SMILES string of the molecule is CCCn1ncnc1CC(CCN(CC)CC)NN. The van der Waals surface area contributed by atoms with E-state index in [1.165, 1.54) is 0 Å². The van der Waals surface area contributed by atoms with Gasteiger partial charge in [-0.2, -0.15) is 5.10 Å². The molecule has 110 valence electrons. The zero-order chi connectivity index (χ0) is 14.1. The van der Waals surface area contributed by atoms with Gasteiger partial charge in [0.05, 0.1) is 0 Å². The largest absolute Gasteiger partial charge is 0.304 e. The van der Waals surface area contributed by atoms with Crippen LogP contribution in [0.15, 0.2) is 6.33 Å². The summed E-state index contributed by atoms with van der Waals surface area (Å²) in [6.07, 6.45) is 4.55. The van der Waals surface area contributed by atoms with Crippen LogP contribution in [0.5, 0.6) is 0 Å². The van der Waals surface area contributed by atoms with Gasteiger partial charge in [-0.15, -0.1) is 0 Å². The summed E-state index contributed by atoms with van der Waals surface area (Å²) in [5, 5.41) is 4.25. The zero-order valence-electron chi connectivity index (χ0n) is 12.5. The lowest BCUT2D eigenvalue weighted by atomic mass is 10.1. The highest BCUT2D eigenvalue weighted by molar-refractivity contribution is 4.89. The summed E-state index contributed by atoms with van der Waals surface area (Å²) in [5.41, 5.74) is 2.91. The Morgan fingerprint density at radius 3 is 2.68 bits per heavy atom. The molecule has 19 heavy (non-hydrogen) atoms. The number of nitrogens with zero attached hydrogens (tertiary/aromatic N) is 4. The Kier molecular flexibility index (Phi) is 7.62. The maximum absolute atomic E-state index is 5.66. The van der Waals surface area contributed by atoms with Crippen LogP contribution in [0.2, 0.25) is 0 Å². The molecule has 1 heterocycles. The molecule has 0 aliphatic carbocycles. The Hall–Kier alpha value is -0.980. The molecule has 0 aromatic carbocycles. The number of hydrogen-bond acceptors (Lipinski definition) is 5. The van der Waals surface area contributed by atoms with Crippen LogP contribution in [0, 0.1) is 0 Å². The first kappa shape index (κ1) is 16.1. The number of hydrogen-bond donors (Lipinski definition) is 2. The fourth-order valence-electron chi connectivity index (χ4n) is 2.19. The van der Waals surface area contributed by atoms with Crippen LogP contribution in [0.4, 0.5) is 0 Å². The van der Waals surface area contributed by atoms with E-state index in [-0.39, 0.29) is 6.04 Å². The van der Waals surface area contributed by atoms with Gasteiger partial charge < -0.3 is 4.90 Å². The summed E-state index contributed by atoms with van der Waals surface area (Å²) in [5.74, 6) is 6.67. The standard InChI is InChI=1S/C13H28N6/c1-4-8-19-13(15-11-16-19)10-12(17-14)7-9-18(5-2)6-3/h11-12,17H,4-10,14H2,1-3H3. The highest BCUT2D eigenvalue weighted by atomic mass is 15.3. The summed E-state index contributed by atoms with van der Waals surface area (Å²) >= 11 is 0. The molecule has 3 N–H and O–H groups in total. The number of hydrazine groups is 1. The van der Waals surface area contributed by atoms with E-state index in [1.54, 1.807) is 6.33 Å². The molecule has 6 nitrogen and oxygen atoms in total. The van der Waals surface area contributed by atoms with Crippen molar-refractivity contribution in [1.29, 1.82) is 0 Å². The first-order valence-electron chi connectivity index (χ1n) is 7.30. The Labute approximate surface area is 116 Å². The highest BCUT2D eigenvalue weighted by Crippen LogP contribution is 2.04. The van der Waals surface area contributed by atoms with E-state index >= 15 is 0 Å². The van der Waals surface area contributed by atoms with Crippen LogP contribution in [0.25, 0.3) is 0 Å². The van der Waals surface area contributed by atoms with Gasteiger partial charge in [-0.25, -0.2) is 4.98 Å². The first-order valence-corrected chi connectivity index (χ1v) is 7.30. The van der Waals surface area contributed by atoms with Crippen molar-refractivity contribution in [3.8, 4) is 0 Å². The zero-order valence-corrected chi connectivity index (χ0v) is 12.5. The van der Waals surface area contributed by atoms with Crippen LogP contribution >= 0.6 is 0 Å². The molecule has 0 spiro atoms. The van der Waals surface area contributed by atoms with Crippen molar-refractivity contribution in [3.63, 3.8) is 0 Å². The minimum absolute atomic E-state index is 0.250. The Morgan fingerprint density at radius 1 is 1.37 bits per heavy atom. The average Bonchev–Trinajstić information content (AvgIpc) is 2.86. The molecule has 0 aliphatic rings. The summed E-state index contributed by atoms with van der Waals surface area (Å²) in [7, 11) is 0. The van der Waals surface area contributed by atoms with Crippen molar-refractivity contribution in [3.05, 3.63) is 12.2 Å². The maximum Gasteiger partial charge on any atom is 0.138 e. The third kappa shape index (κ3) is 5.26. The summed E-state index contributed by atoms with van der Waals surface area (Å²) in [6, 6.07) is 0.250. The number of aromatic nitrogens is 3. The molecule has 0 amide bonds. The fraction of sp³-hybridized carbons (Fsp3) is 0.846. The van der Waals surface area contributed by atoms with Gasteiger partial charge in [0.15, 0.2) is 0 Å². The van der Waals surface area contributed by atoms with E-state index in [0.29, 0.717) is 0 Å². The molecule has 0 fully saturated rings. The van der Waals surface area contributed by atoms with Gasteiger partial charge in [0.1, 0.15) is 12.2 Å². The number of nitrogens with one attached hydrogen (secondary N) is 1. The Morgan fingerprint density at radius 2 is 2.11 bits per heavy atom. The predicted octanol–water partition coefficient (Wildman–Crippen LogP) is 0.794. The van der Waals surface area contributed by atoms with E-state index in [2.05, 4.69) is 41.2 Å². The Balaban J connectivity index is 2.49. The van der Waals surface area contributed by atoms with E-state index in [9.17, 15) is 0 Å². The molecule has 1 atom stereocenters. The third-order valence-corrected chi connectivity index (χ3v) is 3.48. The normalized spacial score (nSPS) is 13.1. The average molecular weight is 268 g/mol. The summed E-state index contributed by atoms with van der Waals surface area (Å²) in [4.78, 5) is 6.74. The molecular formula is C13H28N6. The molecule has 0 saturated carbocycles. The van der Waals surface area contributed by atoms with E-state index in [0.717, 1.165) is 51.3 Å². The number of rotatable bonds is 10. The molecule has 1 aromatic rings. The molecular weight excluding hydrogens is 240 g/mol. The van der Waals surface area contributed by atoms with Crippen LogP contribution in [0.3, 0.4) is 0 Å². The van der Waals surface area contributed by atoms with Gasteiger partial charge in [-0.3, -0.25) is 16.0 Å². The number of nitrogens with two attached hydrogens (primary N) is 1. The molecule has 0 aliphatic heterocycles. The third-order valence-electron chi connectivity index (χ3n) is 3.48. The van der Waals surface area contributed by atoms with Crippen molar-refractivity contribution in [2.75, 3.05) is 19.6 Å². The van der Waals surface area contributed by atoms with Crippen molar-refractivity contribution < 1.29 is 0 Å². The summed E-state index contributed by atoms with van der Waals surface area (Å²) < 4.78 is 1.97.